The summed E-state index contributed by atoms with van der Waals surface area (Å²) in [6, 6.07) is 3.50. The van der Waals surface area contributed by atoms with Crippen molar-refractivity contribution < 1.29 is 17.6 Å². The molecule has 0 aliphatic carbocycles. The Morgan fingerprint density at radius 1 is 1.32 bits per heavy atom. The fourth-order valence-electron chi connectivity index (χ4n) is 2.08. The maximum absolute atomic E-state index is 13.0. The molecular weight excluding hydrogens is 337 g/mol. The van der Waals surface area contributed by atoms with E-state index in [4.69, 9.17) is 0 Å². The second kappa shape index (κ2) is 5.68. The van der Waals surface area contributed by atoms with Crippen LogP contribution in [-0.2, 0) is 14.8 Å². The summed E-state index contributed by atoms with van der Waals surface area (Å²) in [4.78, 5) is 10.7. The first kappa shape index (κ1) is 14.6. The van der Waals surface area contributed by atoms with Gasteiger partial charge in [0, 0.05) is 23.5 Å². The van der Waals surface area contributed by atoms with Gasteiger partial charge in [-0.3, -0.25) is 0 Å². The number of carbonyl (C=O) groups excluding carboxylic acids is 1. The zero-order valence-corrected chi connectivity index (χ0v) is 12.5. The molecule has 1 aromatic rings. The highest BCUT2D eigenvalue weighted by atomic mass is 79.9. The molecule has 1 saturated heterocycles. The third-order valence-corrected chi connectivity index (χ3v) is 6.08. The molecule has 0 radical (unpaired) electrons. The van der Waals surface area contributed by atoms with Crippen LogP contribution in [0.25, 0.3) is 0 Å². The van der Waals surface area contributed by atoms with Gasteiger partial charge in [0.1, 0.15) is 12.1 Å². The number of aldehydes is 1. The monoisotopic (exact) mass is 349 g/mol. The molecule has 1 fully saturated rings. The van der Waals surface area contributed by atoms with Crippen LogP contribution in [0.1, 0.15) is 12.8 Å². The Morgan fingerprint density at radius 3 is 2.47 bits per heavy atom. The van der Waals surface area contributed by atoms with Crippen LogP contribution < -0.4 is 0 Å². The first-order chi connectivity index (χ1) is 8.95. The summed E-state index contributed by atoms with van der Waals surface area (Å²) >= 11 is 3.07. The van der Waals surface area contributed by atoms with Gasteiger partial charge in [-0.2, -0.15) is 4.31 Å². The smallest absolute Gasteiger partial charge is 0.244 e. The summed E-state index contributed by atoms with van der Waals surface area (Å²) < 4.78 is 39.3. The number of nitrogens with zero attached hydrogens (tertiary/aromatic N) is 1. The van der Waals surface area contributed by atoms with E-state index in [2.05, 4.69) is 15.9 Å². The quantitative estimate of drug-likeness (QED) is 0.786. The molecule has 0 spiro atoms. The Bertz CT molecular complexity index is 583. The number of halogens is 2. The van der Waals surface area contributed by atoms with Crippen molar-refractivity contribution >= 4 is 32.2 Å². The molecule has 1 aliphatic heterocycles. The number of benzene rings is 1. The van der Waals surface area contributed by atoms with Crippen molar-refractivity contribution in [2.24, 2.45) is 5.92 Å². The van der Waals surface area contributed by atoms with E-state index in [0.717, 1.165) is 18.4 Å². The predicted molar refractivity (Wildman–Crippen MR) is 71.6 cm³/mol. The van der Waals surface area contributed by atoms with Crippen molar-refractivity contribution in [3.8, 4) is 0 Å². The van der Waals surface area contributed by atoms with Crippen LogP contribution in [0, 0.1) is 11.7 Å². The van der Waals surface area contributed by atoms with Gasteiger partial charge in [-0.15, -0.1) is 0 Å². The van der Waals surface area contributed by atoms with E-state index in [9.17, 15) is 17.6 Å². The summed E-state index contributed by atoms with van der Waals surface area (Å²) in [5.74, 6) is -0.561. The van der Waals surface area contributed by atoms with Gasteiger partial charge in [-0.1, -0.05) is 0 Å². The molecule has 1 heterocycles. The van der Waals surface area contributed by atoms with Gasteiger partial charge in [0.05, 0.1) is 4.90 Å². The van der Waals surface area contributed by atoms with Crippen molar-refractivity contribution in [3.63, 3.8) is 0 Å². The topological polar surface area (TPSA) is 54.5 Å². The molecule has 2 rings (SSSR count). The molecule has 4 nitrogen and oxygen atoms in total. The van der Waals surface area contributed by atoms with E-state index in [-0.39, 0.29) is 15.3 Å². The van der Waals surface area contributed by atoms with Crippen LogP contribution >= 0.6 is 15.9 Å². The van der Waals surface area contributed by atoms with E-state index in [0.29, 0.717) is 25.9 Å². The predicted octanol–water partition coefficient (Wildman–Crippen LogP) is 2.19. The maximum Gasteiger partial charge on any atom is 0.244 e. The minimum Gasteiger partial charge on any atom is -0.303 e. The second-order valence-corrected chi connectivity index (χ2v) is 7.21. The summed E-state index contributed by atoms with van der Waals surface area (Å²) in [6.45, 7) is 0.630. The lowest BCUT2D eigenvalue weighted by molar-refractivity contribution is -0.112. The third kappa shape index (κ3) is 3.04. The summed E-state index contributed by atoms with van der Waals surface area (Å²) in [5, 5.41) is 0. The first-order valence-electron chi connectivity index (χ1n) is 5.85. The van der Waals surface area contributed by atoms with Gasteiger partial charge in [0.2, 0.25) is 10.0 Å². The van der Waals surface area contributed by atoms with Crippen LogP contribution in [0.3, 0.4) is 0 Å². The van der Waals surface area contributed by atoms with Crippen molar-refractivity contribution in [2.75, 3.05) is 13.1 Å². The number of hydrogen-bond donors (Lipinski definition) is 0. The second-order valence-electron chi connectivity index (χ2n) is 4.45. The van der Waals surface area contributed by atoms with Crippen molar-refractivity contribution in [1.82, 2.24) is 4.31 Å². The fourth-order valence-corrected chi connectivity index (χ4v) is 4.56. The Hall–Kier alpha value is -0.790. The number of sulfonamides is 1. The molecule has 0 saturated carbocycles. The molecule has 104 valence electrons. The van der Waals surface area contributed by atoms with Gasteiger partial charge in [0.15, 0.2) is 0 Å². The summed E-state index contributed by atoms with van der Waals surface area (Å²) in [5.41, 5.74) is 0. The average molecular weight is 350 g/mol. The Morgan fingerprint density at radius 2 is 1.95 bits per heavy atom. The molecule has 0 aromatic heterocycles. The number of carbonyl (C=O) groups is 1. The zero-order chi connectivity index (χ0) is 14.0. The lowest BCUT2D eigenvalue weighted by Gasteiger charge is -2.29. The molecular formula is C12H13BrFNO3S. The Kier molecular flexibility index (Phi) is 4.37. The summed E-state index contributed by atoms with van der Waals surface area (Å²) in [7, 11) is -3.64. The molecule has 0 N–H and O–H groups in total. The number of rotatable bonds is 3. The van der Waals surface area contributed by atoms with Crippen LogP contribution in [0.5, 0.6) is 0 Å². The minimum absolute atomic E-state index is 0.0541. The SMILES string of the molecule is O=CC1CCN(S(=O)(=O)c2ccc(F)cc2Br)CC1. The Labute approximate surface area is 119 Å². The molecule has 0 atom stereocenters. The third-order valence-electron chi connectivity index (χ3n) is 3.20. The Balaban J connectivity index is 2.25. The maximum atomic E-state index is 13.0. The van der Waals surface area contributed by atoms with Crippen molar-refractivity contribution in [3.05, 3.63) is 28.5 Å². The van der Waals surface area contributed by atoms with Gasteiger partial charge in [0.25, 0.3) is 0 Å². The van der Waals surface area contributed by atoms with E-state index in [1.165, 1.54) is 10.4 Å². The molecule has 1 aromatic carbocycles. The fraction of sp³-hybridized carbons (Fsp3) is 0.417. The van der Waals surface area contributed by atoms with E-state index in [1.54, 1.807) is 0 Å². The van der Waals surface area contributed by atoms with Crippen LogP contribution in [0.4, 0.5) is 4.39 Å². The molecule has 0 bridgehead atoms. The average Bonchev–Trinajstić information content (AvgIpc) is 2.38. The van der Waals surface area contributed by atoms with Gasteiger partial charge < -0.3 is 4.79 Å². The lowest BCUT2D eigenvalue weighted by atomic mass is 10.0. The van der Waals surface area contributed by atoms with Crippen molar-refractivity contribution in [2.45, 2.75) is 17.7 Å². The van der Waals surface area contributed by atoms with Crippen LogP contribution in [-0.4, -0.2) is 32.1 Å². The largest absolute Gasteiger partial charge is 0.303 e. The van der Waals surface area contributed by atoms with Gasteiger partial charge in [-0.05, 0) is 47.0 Å². The molecule has 7 heteroatoms. The number of hydrogen-bond acceptors (Lipinski definition) is 3. The van der Waals surface area contributed by atoms with Gasteiger partial charge in [-0.25, -0.2) is 12.8 Å². The summed E-state index contributed by atoms with van der Waals surface area (Å²) in [6.07, 6.45) is 1.93. The van der Waals surface area contributed by atoms with Crippen molar-refractivity contribution in [1.29, 1.82) is 0 Å². The lowest BCUT2D eigenvalue weighted by Crippen LogP contribution is -2.38. The van der Waals surface area contributed by atoms with E-state index >= 15 is 0 Å². The van der Waals surface area contributed by atoms with Crippen LogP contribution in [0.2, 0.25) is 0 Å². The highest BCUT2D eigenvalue weighted by Gasteiger charge is 2.30. The highest BCUT2D eigenvalue weighted by molar-refractivity contribution is 9.10. The molecule has 19 heavy (non-hydrogen) atoms. The molecule has 1 aliphatic rings. The van der Waals surface area contributed by atoms with Crippen LogP contribution in [0.15, 0.2) is 27.6 Å². The zero-order valence-electron chi connectivity index (χ0n) is 10.1. The van der Waals surface area contributed by atoms with E-state index in [1.807, 2.05) is 0 Å². The first-order valence-corrected chi connectivity index (χ1v) is 8.09. The molecule has 0 amide bonds. The van der Waals surface area contributed by atoms with Gasteiger partial charge >= 0.3 is 0 Å². The normalized spacial score (nSPS) is 18.4. The number of piperidine rings is 1. The molecule has 0 unspecified atom stereocenters. The minimum atomic E-state index is -3.64. The van der Waals surface area contributed by atoms with E-state index < -0.39 is 15.8 Å². The standard InChI is InChI=1S/C12H13BrFNO3S/c13-11-7-10(14)1-2-12(11)19(17,18)15-5-3-9(8-16)4-6-15/h1-2,7-9H,3-6H2. The highest BCUT2D eigenvalue weighted by Crippen LogP contribution is 2.28.